The normalized spacial score (nSPS) is 11.3. The molecule has 0 saturated carbocycles. The van der Waals surface area contributed by atoms with Crippen LogP contribution in [0.2, 0.25) is 0 Å². The molecule has 0 aliphatic rings. The summed E-state index contributed by atoms with van der Waals surface area (Å²) in [4.78, 5) is 2.36. The number of nitrogens with zero attached hydrogens (tertiary/aromatic N) is 1. The quantitative estimate of drug-likeness (QED) is 0.205. The fraction of sp³-hybridized carbons (Fsp3) is 0. The first-order chi connectivity index (χ1) is 20.8. The van der Waals surface area contributed by atoms with Gasteiger partial charge in [-0.05, 0) is 81.6 Å². The van der Waals surface area contributed by atoms with Crippen molar-refractivity contribution in [2.45, 2.75) is 0 Å². The first kappa shape index (κ1) is 24.6. The van der Waals surface area contributed by atoms with Gasteiger partial charge in [0.05, 0.1) is 0 Å². The Bertz CT molecular complexity index is 2200. The summed E-state index contributed by atoms with van der Waals surface area (Å²) < 4.78 is 2.65. The number of thiophene rings is 1. The summed E-state index contributed by atoms with van der Waals surface area (Å²) in [7, 11) is 0. The van der Waals surface area contributed by atoms with E-state index in [4.69, 9.17) is 0 Å². The van der Waals surface area contributed by atoms with Crippen LogP contribution in [0.1, 0.15) is 0 Å². The number of fused-ring (bicyclic) bond motifs is 4. The Morgan fingerprint density at radius 3 is 1.81 bits per heavy atom. The smallest absolute Gasteiger partial charge is 0.0467 e. The third kappa shape index (κ3) is 4.34. The van der Waals surface area contributed by atoms with E-state index < -0.39 is 0 Å². The molecule has 0 amide bonds. The van der Waals surface area contributed by atoms with Crippen molar-refractivity contribution < 1.29 is 0 Å². The molecule has 0 aliphatic heterocycles. The van der Waals surface area contributed by atoms with Crippen molar-refractivity contribution in [2.75, 3.05) is 4.90 Å². The molecule has 1 aromatic heterocycles. The van der Waals surface area contributed by atoms with E-state index in [1.165, 1.54) is 53.2 Å². The van der Waals surface area contributed by atoms with Crippen molar-refractivity contribution in [2.24, 2.45) is 0 Å². The SMILES string of the molecule is c1ccc(N(c2cccc(-c3ccc4c(c3)sc3ccccc34)c2)c2cccc(-c3cccc4ccccc34)c2)cc1. The Balaban J connectivity index is 1.25. The second kappa shape index (κ2) is 10.3. The minimum atomic E-state index is 1.13. The molecule has 1 heterocycles. The summed E-state index contributed by atoms with van der Waals surface area (Å²) in [6.07, 6.45) is 0. The van der Waals surface area contributed by atoms with Crippen LogP contribution < -0.4 is 4.90 Å². The third-order valence-corrected chi connectivity index (χ3v) is 9.17. The van der Waals surface area contributed by atoms with Crippen LogP contribution >= 0.6 is 11.3 Å². The monoisotopic (exact) mass is 553 g/mol. The topological polar surface area (TPSA) is 3.24 Å². The highest BCUT2D eigenvalue weighted by atomic mass is 32.1. The minimum Gasteiger partial charge on any atom is -0.310 e. The maximum Gasteiger partial charge on any atom is 0.0467 e. The lowest BCUT2D eigenvalue weighted by molar-refractivity contribution is 1.28. The average Bonchev–Trinajstić information content (AvgIpc) is 3.43. The van der Waals surface area contributed by atoms with Crippen molar-refractivity contribution >= 4 is 59.3 Å². The number of hydrogen-bond acceptors (Lipinski definition) is 2. The molecule has 2 heteroatoms. The molecule has 0 N–H and O–H groups in total. The van der Waals surface area contributed by atoms with E-state index in [2.05, 4.69) is 169 Å². The molecule has 0 bridgehead atoms. The van der Waals surface area contributed by atoms with Crippen molar-refractivity contribution in [1.29, 1.82) is 0 Å². The molecule has 0 fully saturated rings. The summed E-state index contributed by atoms with van der Waals surface area (Å²) in [5, 5.41) is 5.18. The largest absolute Gasteiger partial charge is 0.310 e. The zero-order chi connectivity index (χ0) is 27.9. The van der Waals surface area contributed by atoms with Gasteiger partial charge in [-0.3, -0.25) is 0 Å². The highest BCUT2D eigenvalue weighted by molar-refractivity contribution is 7.25. The standard InChI is InChI=1S/C40H27NS/c1-2-15-32(16-3-1)41(34-18-9-14-31(26-34)36-21-10-12-28-11-4-5-19-35(28)36)33-17-8-13-29(25-33)30-23-24-38-37-20-6-7-22-39(37)42-40(38)27-30/h1-27H. The predicted octanol–water partition coefficient (Wildman–Crippen LogP) is 12.0. The fourth-order valence-electron chi connectivity index (χ4n) is 6.04. The van der Waals surface area contributed by atoms with Gasteiger partial charge in [-0.15, -0.1) is 11.3 Å². The molecule has 0 saturated heterocycles. The van der Waals surface area contributed by atoms with E-state index in [1.807, 2.05) is 11.3 Å². The van der Waals surface area contributed by atoms with E-state index in [1.54, 1.807) is 0 Å². The van der Waals surface area contributed by atoms with E-state index in [0.717, 1.165) is 17.1 Å². The summed E-state index contributed by atoms with van der Waals surface area (Å²) in [6, 6.07) is 59.2. The van der Waals surface area contributed by atoms with Gasteiger partial charge in [0.25, 0.3) is 0 Å². The highest BCUT2D eigenvalue weighted by Crippen LogP contribution is 2.40. The zero-order valence-corrected chi connectivity index (χ0v) is 23.8. The Hall–Kier alpha value is -5.18. The van der Waals surface area contributed by atoms with E-state index in [0.29, 0.717) is 0 Å². The number of benzene rings is 7. The first-order valence-electron chi connectivity index (χ1n) is 14.3. The van der Waals surface area contributed by atoms with Crippen LogP contribution in [0.3, 0.4) is 0 Å². The first-order valence-corrected chi connectivity index (χ1v) is 15.1. The van der Waals surface area contributed by atoms with Crippen LogP contribution in [0.15, 0.2) is 164 Å². The number of rotatable bonds is 5. The van der Waals surface area contributed by atoms with Crippen LogP contribution in [0.5, 0.6) is 0 Å². The van der Waals surface area contributed by atoms with Crippen molar-refractivity contribution in [1.82, 2.24) is 0 Å². The second-order valence-electron chi connectivity index (χ2n) is 10.6. The lowest BCUT2D eigenvalue weighted by Crippen LogP contribution is -2.10. The number of anilines is 3. The molecule has 42 heavy (non-hydrogen) atoms. The summed E-state index contributed by atoms with van der Waals surface area (Å²) in [6.45, 7) is 0. The Morgan fingerprint density at radius 1 is 0.357 bits per heavy atom. The van der Waals surface area contributed by atoms with Gasteiger partial charge in [0.2, 0.25) is 0 Å². The molecule has 1 nitrogen and oxygen atoms in total. The maximum absolute atomic E-state index is 2.36. The molecule has 198 valence electrons. The molecule has 0 spiro atoms. The Kier molecular flexibility index (Phi) is 6.05. The van der Waals surface area contributed by atoms with Gasteiger partial charge in [0.1, 0.15) is 0 Å². The van der Waals surface area contributed by atoms with Crippen LogP contribution in [-0.2, 0) is 0 Å². The van der Waals surface area contributed by atoms with Gasteiger partial charge >= 0.3 is 0 Å². The van der Waals surface area contributed by atoms with Gasteiger partial charge in [-0.2, -0.15) is 0 Å². The van der Waals surface area contributed by atoms with Crippen LogP contribution in [-0.4, -0.2) is 0 Å². The molecule has 0 radical (unpaired) electrons. The molecule has 0 atom stereocenters. The van der Waals surface area contributed by atoms with Crippen LogP contribution in [0, 0.1) is 0 Å². The fourth-order valence-corrected chi connectivity index (χ4v) is 7.19. The van der Waals surface area contributed by atoms with E-state index in [-0.39, 0.29) is 0 Å². The highest BCUT2D eigenvalue weighted by Gasteiger charge is 2.15. The van der Waals surface area contributed by atoms with Gasteiger partial charge in [0, 0.05) is 37.2 Å². The second-order valence-corrected chi connectivity index (χ2v) is 11.7. The molecular formula is C40H27NS. The Morgan fingerprint density at radius 2 is 0.952 bits per heavy atom. The Labute approximate surface area is 249 Å². The summed E-state index contributed by atoms with van der Waals surface area (Å²) in [5.74, 6) is 0. The molecule has 8 aromatic rings. The minimum absolute atomic E-state index is 1.13. The van der Waals surface area contributed by atoms with Crippen LogP contribution in [0.4, 0.5) is 17.1 Å². The van der Waals surface area contributed by atoms with Gasteiger partial charge in [-0.1, -0.05) is 115 Å². The summed E-state index contributed by atoms with van der Waals surface area (Å²) in [5.41, 5.74) is 8.27. The van der Waals surface area contributed by atoms with Gasteiger partial charge in [-0.25, -0.2) is 0 Å². The molecule has 0 unspecified atom stereocenters. The number of hydrogen-bond donors (Lipinski definition) is 0. The maximum atomic E-state index is 2.36. The van der Waals surface area contributed by atoms with Crippen molar-refractivity contribution in [3.05, 3.63) is 164 Å². The third-order valence-electron chi connectivity index (χ3n) is 8.04. The van der Waals surface area contributed by atoms with E-state index in [9.17, 15) is 0 Å². The number of para-hydroxylation sites is 1. The molecule has 8 rings (SSSR count). The summed E-state index contributed by atoms with van der Waals surface area (Å²) >= 11 is 1.86. The molecule has 0 aliphatic carbocycles. The van der Waals surface area contributed by atoms with E-state index >= 15 is 0 Å². The van der Waals surface area contributed by atoms with Crippen LogP contribution in [0.25, 0.3) is 53.2 Å². The predicted molar refractivity (Wildman–Crippen MR) is 182 cm³/mol. The average molecular weight is 554 g/mol. The van der Waals surface area contributed by atoms with Gasteiger partial charge in [0.15, 0.2) is 0 Å². The molecule has 7 aromatic carbocycles. The zero-order valence-electron chi connectivity index (χ0n) is 22.9. The molecular weight excluding hydrogens is 527 g/mol. The van der Waals surface area contributed by atoms with Gasteiger partial charge < -0.3 is 4.90 Å². The van der Waals surface area contributed by atoms with Crippen molar-refractivity contribution in [3.8, 4) is 22.3 Å². The lowest BCUT2D eigenvalue weighted by Gasteiger charge is -2.26. The van der Waals surface area contributed by atoms with Crippen molar-refractivity contribution in [3.63, 3.8) is 0 Å². The lowest BCUT2D eigenvalue weighted by atomic mass is 9.97.